The molecule has 20 heavy (non-hydrogen) atoms. The van der Waals surface area contributed by atoms with Gasteiger partial charge in [0.05, 0.1) is 17.6 Å². The van der Waals surface area contributed by atoms with Gasteiger partial charge in [0.25, 0.3) is 5.56 Å². The summed E-state index contributed by atoms with van der Waals surface area (Å²) < 4.78 is 5.12. The zero-order valence-corrected chi connectivity index (χ0v) is 12.4. The fourth-order valence-electron chi connectivity index (χ4n) is 2.36. The number of rotatable bonds is 2. The van der Waals surface area contributed by atoms with Gasteiger partial charge in [0.1, 0.15) is 0 Å². The highest BCUT2D eigenvalue weighted by atomic mass is 16.5. The number of nitrogens with one attached hydrogen (secondary N) is 2. The molecule has 0 unspecified atom stereocenters. The van der Waals surface area contributed by atoms with Crippen LogP contribution >= 0.6 is 0 Å². The molecular weight excluding hydrogens is 258 g/mol. The van der Waals surface area contributed by atoms with E-state index in [9.17, 15) is 9.59 Å². The number of hydrogen-bond acceptors (Lipinski definition) is 4. The Hall–Kier alpha value is -2.11. The molecule has 0 fully saturated rings. The van der Waals surface area contributed by atoms with Crippen molar-refractivity contribution in [3.8, 4) is 0 Å². The molecule has 0 aliphatic rings. The van der Waals surface area contributed by atoms with E-state index >= 15 is 0 Å². The van der Waals surface area contributed by atoms with Crippen LogP contribution in [-0.4, -0.2) is 27.8 Å². The summed E-state index contributed by atoms with van der Waals surface area (Å²) in [5.74, 6) is -0.488. The number of aryl methyl sites for hydroxylation is 1. The second kappa shape index (κ2) is 4.77. The number of H-pyrrole nitrogens is 2. The second-order valence-corrected chi connectivity index (χ2v) is 5.75. The highest BCUT2D eigenvalue weighted by Gasteiger charge is 2.30. The Labute approximate surface area is 116 Å². The van der Waals surface area contributed by atoms with Crippen molar-refractivity contribution in [3.05, 3.63) is 27.2 Å². The lowest BCUT2D eigenvalue weighted by Gasteiger charge is -2.21. The summed E-state index contributed by atoms with van der Waals surface area (Å²) in [6.07, 6.45) is 0. The summed E-state index contributed by atoms with van der Waals surface area (Å²) in [5.41, 5.74) is 1.05. The smallest absolute Gasteiger partial charge is 0.339 e. The molecule has 0 radical (unpaired) electrons. The molecule has 108 valence electrons. The predicted octanol–water partition coefficient (Wildman–Crippen LogP) is 2.03. The van der Waals surface area contributed by atoms with Crippen molar-refractivity contribution in [3.63, 3.8) is 0 Å². The van der Waals surface area contributed by atoms with Crippen molar-refractivity contribution in [2.24, 2.45) is 0 Å². The zero-order valence-electron chi connectivity index (χ0n) is 12.4. The van der Waals surface area contributed by atoms with Crippen LogP contribution in [0.1, 0.15) is 49.3 Å². The lowest BCUT2D eigenvalue weighted by molar-refractivity contribution is 0.0525. The fourth-order valence-corrected chi connectivity index (χ4v) is 2.36. The van der Waals surface area contributed by atoms with Crippen LogP contribution in [0.4, 0.5) is 0 Å². The first kappa shape index (κ1) is 14.3. The zero-order chi connectivity index (χ0) is 15.1. The molecule has 0 bridgehead atoms. The molecule has 2 aromatic rings. The number of nitrogens with zero attached hydrogens (tertiary/aromatic N) is 1. The first-order valence-electron chi connectivity index (χ1n) is 6.56. The number of carbonyl (C=O) groups excluding carboxylic acids is 1. The highest BCUT2D eigenvalue weighted by molar-refractivity contribution is 6.05. The van der Waals surface area contributed by atoms with Crippen LogP contribution in [0.3, 0.4) is 0 Å². The number of hydrogen-bond donors (Lipinski definition) is 2. The maximum atomic E-state index is 12.3. The third-order valence-corrected chi connectivity index (χ3v) is 3.14. The van der Waals surface area contributed by atoms with Crippen molar-refractivity contribution in [2.75, 3.05) is 6.61 Å². The van der Waals surface area contributed by atoms with E-state index in [1.54, 1.807) is 6.92 Å². The molecule has 0 spiro atoms. The Morgan fingerprint density at radius 2 is 2.00 bits per heavy atom. The molecule has 0 aromatic carbocycles. The van der Waals surface area contributed by atoms with Crippen LogP contribution in [0.2, 0.25) is 0 Å². The van der Waals surface area contributed by atoms with Crippen LogP contribution in [0.5, 0.6) is 0 Å². The minimum Gasteiger partial charge on any atom is -0.462 e. The van der Waals surface area contributed by atoms with E-state index in [1.165, 1.54) is 0 Å². The quantitative estimate of drug-likeness (QED) is 0.822. The minimum atomic E-state index is -0.488. The lowest BCUT2D eigenvalue weighted by Crippen LogP contribution is -2.29. The minimum absolute atomic E-state index is 0.258. The van der Waals surface area contributed by atoms with E-state index in [0.717, 1.165) is 5.69 Å². The maximum Gasteiger partial charge on any atom is 0.339 e. The molecule has 2 N–H and O–H groups in total. The first-order valence-corrected chi connectivity index (χ1v) is 6.56. The van der Waals surface area contributed by atoms with Gasteiger partial charge < -0.3 is 9.72 Å². The molecule has 0 amide bonds. The van der Waals surface area contributed by atoms with Gasteiger partial charge in [-0.05, 0) is 19.3 Å². The normalized spacial score (nSPS) is 11.8. The Bertz CT molecular complexity index is 720. The van der Waals surface area contributed by atoms with Gasteiger partial charge in [-0.25, -0.2) is 4.79 Å². The fraction of sp³-hybridized carbons (Fsp3) is 0.500. The molecule has 6 heteroatoms. The summed E-state index contributed by atoms with van der Waals surface area (Å²) in [6.45, 7) is 9.47. The van der Waals surface area contributed by atoms with Crippen molar-refractivity contribution in [1.29, 1.82) is 0 Å². The second-order valence-electron chi connectivity index (χ2n) is 5.75. The Morgan fingerprint density at radius 3 is 2.55 bits per heavy atom. The lowest BCUT2D eigenvalue weighted by atomic mass is 9.83. The summed E-state index contributed by atoms with van der Waals surface area (Å²) in [6, 6.07) is 0. The summed E-state index contributed by atoms with van der Waals surface area (Å²) in [7, 11) is 0. The van der Waals surface area contributed by atoms with Crippen LogP contribution in [-0.2, 0) is 10.2 Å². The van der Waals surface area contributed by atoms with Gasteiger partial charge >= 0.3 is 5.97 Å². The number of ether oxygens (including phenoxy) is 1. The van der Waals surface area contributed by atoms with E-state index in [0.29, 0.717) is 22.2 Å². The largest absolute Gasteiger partial charge is 0.462 e. The summed E-state index contributed by atoms with van der Waals surface area (Å²) in [4.78, 5) is 27.3. The third-order valence-electron chi connectivity index (χ3n) is 3.14. The molecule has 2 rings (SSSR count). The van der Waals surface area contributed by atoms with Crippen LogP contribution in [0, 0.1) is 6.92 Å². The van der Waals surface area contributed by atoms with Crippen molar-refractivity contribution in [2.45, 2.75) is 40.0 Å². The van der Waals surface area contributed by atoms with E-state index in [1.807, 2.05) is 27.7 Å². The number of esters is 1. The van der Waals surface area contributed by atoms with E-state index in [-0.39, 0.29) is 12.2 Å². The average molecular weight is 277 g/mol. The maximum absolute atomic E-state index is 12.3. The van der Waals surface area contributed by atoms with E-state index in [2.05, 4.69) is 15.2 Å². The topological polar surface area (TPSA) is 87.8 Å². The van der Waals surface area contributed by atoms with Gasteiger partial charge in [-0.1, -0.05) is 20.8 Å². The van der Waals surface area contributed by atoms with Gasteiger partial charge in [0, 0.05) is 11.3 Å². The SMILES string of the molecule is CCOC(=O)c1c(C(C)(C)C)c(=O)[nH]c2n[nH]c(C)c12. The van der Waals surface area contributed by atoms with Gasteiger partial charge in [0.15, 0.2) is 5.65 Å². The van der Waals surface area contributed by atoms with Crippen molar-refractivity contribution in [1.82, 2.24) is 15.2 Å². The van der Waals surface area contributed by atoms with Crippen molar-refractivity contribution >= 4 is 17.0 Å². The van der Waals surface area contributed by atoms with Crippen LogP contribution in [0.15, 0.2) is 4.79 Å². The standard InChI is InChI=1S/C14H19N3O3/c1-6-20-13(19)9-8-7(2)16-17-11(8)15-12(18)10(9)14(3,4)5/h6H2,1-5H3,(H2,15,16,17,18). The molecule has 6 nitrogen and oxygen atoms in total. The number of aromatic amines is 2. The average Bonchev–Trinajstić information content (AvgIpc) is 2.67. The van der Waals surface area contributed by atoms with E-state index in [4.69, 9.17) is 4.74 Å². The van der Waals surface area contributed by atoms with Gasteiger partial charge in [-0.2, -0.15) is 5.10 Å². The molecular formula is C14H19N3O3. The highest BCUT2D eigenvalue weighted by Crippen LogP contribution is 2.28. The number of fused-ring (bicyclic) bond motifs is 1. The van der Waals surface area contributed by atoms with Crippen LogP contribution < -0.4 is 5.56 Å². The van der Waals surface area contributed by atoms with Crippen LogP contribution in [0.25, 0.3) is 11.0 Å². The van der Waals surface area contributed by atoms with Gasteiger partial charge in [-0.3, -0.25) is 9.89 Å². The predicted molar refractivity (Wildman–Crippen MR) is 76.1 cm³/mol. The molecule has 0 saturated heterocycles. The molecule has 0 saturated carbocycles. The Balaban J connectivity index is 2.93. The molecule has 2 aromatic heterocycles. The summed E-state index contributed by atoms with van der Waals surface area (Å²) in [5, 5.41) is 7.43. The number of aromatic nitrogens is 3. The van der Waals surface area contributed by atoms with Crippen molar-refractivity contribution < 1.29 is 9.53 Å². The monoisotopic (exact) mass is 277 g/mol. The van der Waals surface area contributed by atoms with Gasteiger partial charge in [0.2, 0.25) is 0 Å². The molecule has 2 heterocycles. The first-order chi connectivity index (χ1) is 9.27. The molecule has 0 atom stereocenters. The number of carbonyl (C=O) groups is 1. The summed E-state index contributed by atoms with van der Waals surface area (Å²) >= 11 is 0. The molecule has 0 aliphatic heterocycles. The van der Waals surface area contributed by atoms with Gasteiger partial charge in [-0.15, -0.1) is 0 Å². The number of pyridine rings is 1. The Morgan fingerprint density at radius 1 is 1.35 bits per heavy atom. The van der Waals surface area contributed by atoms with E-state index < -0.39 is 11.4 Å². The third kappa shape index (κ3) is 2.21. The Kier molecular flexibility index (Phi) is 3.41. The molecule has 0 aliphatic carbocycles.